The van der Waals surface area contributed by atoms with Crippen LogP contribution in [0.3, 0.4) is 0 Å². The fourth-order valence-corrected chi connectivity index (χ4v) is 2.55. The highest BCUT2D eigenvalue weighted by Crippen LogP contribution is 2.37. The highest BCUT2D eigenvalue weighted by Gasteiger charge is 2.54. The lowest BCUT2D eigenvalue weighted by atomic mass is 10.0. The number of amides is 4. The van der Waals surface area contributed by atoms with E-state index < -0.39 is 40.7 Å². The molecule has 1 aromatic carbocycles. The molecule has 6 nitrogen and oxygen atoms in total. The van der Waals surface area contributed by atoms with Crippen LogP contribution in [0.2, 0.25) is 0 Å². The molecule has 0 aromatic heterocycles. The maximum Gasteiger partial charge on any atom is 0.417 e. The number of hydrogen-bond acceptors (Lipinski definition) is 4. The molecule has 1 saturated heterocycles. The number of alkyl halides is 3. The summed E-state index contributed by atoms with van der Waals surface area (Å²) in [6, 6.07) is 2.87. The molecule has 1 fully saturated rings. The number of carbonyl (C=O) groups excluding carboxylic acids is 3. The number of nitriles is 1. The molecule has 4 amide bonds. The van der Waals surface area contributed by atoms with E-state index in [0.29, 0.717) is 15.9 Å². The summed E-state index contributed by atoms with van der Waals surface area (Å²) in [7, 11) is 0. The fraction of sp³-hybridized carbons (Fsp3) is 0.333. The van der Waals surface area contributed by atoms with Gasteiger partial charge in [-0.25, -0.2) is 14.6 Å². The Morgan fingerprint density at radius 3 is 2.25 bits per heavy atom. The van der Waals surface area contributed by atoms with Crippen molar-refractivity contribution in [2.75, 3.05) is 4.90 Å². The first-order valence-electron chi connectivity index (χ1n) is 6.73. The monoisotopic (exact) mass is 339 g/mol. The maximum atomic E-state index is 13.0. The molecular formula is C15H12F3N3O3. The lowest BCUT2D eigenvalue weighted by Crippen LogP contribution is -2.46. The molecule has 0 radical (unpaired) electrons. The second-order valence-corrected chi connectivity index (χ2v) is 5.68. The minimum absolute atomic E-state index is 0.354. The van der Waals surface area contributed by atoms with E-state index in [2.05, 4.69) is 0 Å². The highest BCUT2D eigenvalue weighted by molar-refractivity contribution is 6.26. The molecule has 126 valence electrons. The maximum absolute atomic E-state index is 13.0. The smallest absolute Gasteiger partial charge is 0.275 e. The number of imide groups is 2. The molecular weight excluding hydrogens is 327 g/mol. The summed E-state index contributed by atoms with van der Waals surface area (Å²) in [6.07, 6.45) is -4.83. The molecule has 0 bridgehead atoms. The number of nitrogens with zero attached hydrogens (tertiary/aromatic N) is 3. The van der Waals surface area contributed by atoms with Gasteiger partial charge in [-0.05, 0) is 32.0 Å². The van der Waals surface area contributed by atoms with Gasteiger partial charge >= 0.3 is 12.2 Å². The van der Waals surface area contributed by atoms with Crippen LogP contribution in [0.1, 0.15) is 31.9 Å². The van der Waals surface area contributed by atoms with Crippen molar-refractivity contribution in [1.82, 2.24) is 4.90 Å². The van der Waals surface area contributed by atoms with Gasteiger partial charge in [0.25, 0.3) is 5.91 Å². The normalized spacial score (nSPS) is 17.2. The van der Waals surface area contributed by atoms with Crippen LogP contribution in [-0.2, 0) is 15.8 Å². The van der Waals surface area contributed by atoms with Crippen molar-refractivity contribution in [2.45, 2.75) is 32.5 Å². The van der Waals surface area contributed by atoms with Gasteiger partial charge in [0.15, 0.2) is 0 Å². The van der Waals surface area contributed by atoms with Crippen LogP contribution in [0, 0.1) is 11.3 Å². The Kier molecular flexibility index (Phi) is 3.88. The topological polar surface area (TPSA) is 81.5 Å². The standard InChI is InChI=1S/C15H12F3N3O3/c1-8(22)21-13(24)20(12(23)14(21,2)3)10-5-4-9(7-19)11(6-10)15(16,17)18/h4-6H,1-3H3. The molecule has 2 rings (SSSR count). The first-order chi connectivity index (χ1) is 10.9. The van der Waals surface area contributed by atoms with Gasteiger partial charge in [-0.1, -0.05) is 0 Å². The van der Waals surface area contributed by atoms with Crippen molar-refractivity contribution >= 4 is 23.5 Å². The summed E-state index contributed by atoms with van der Waals surface area (Å²) in [5, 5.41) is 8.79. The Hall–Kier alpha value is -2.89. The van der Waals surface area contributed by atoms with Crippen molar-refractivity contribution in [1.29, 1.82) is 5.26 Å². The Morgan fingerprint density at radius 2 is 1.83 bits per heavy atom. The van der Waals surface area contributed by atoms with E-state index in [1.165, 1.54) is 19.9 Å². The van der Waals surface area contributed by atoms with E-state index in [4.69, 9.17) is 5.26 Å². The highest BCUT2D eigenvalue weighted by atomic mass is 19.4. The van der Waals surface area contributed by atoms with Crippen molar-refractivity contribution in [3.63, 3.8) is 0 Å². The van der Waals surface area contributed by atoms with E-state index in [1.54, 1.807) is 0 Å². The quantitative estimate of drug-likeness (QED) is 0.737. The van der Waals surface area contributed by atoms with Crippen LogP contribution < -0.4 is 4.90 Å². The van der Waals surface area contributed by atoms with Gasteiger partial charge in [0.2, 0.25) is 5.91 Å². The van der Waals surface area contributed by atoms with Crippen LogP contribution in [0.4, 0.5) is 23.7 Å². The van der Waals surface area contributed by atoms with Gasteiger partial charge in [-0.3, -0.25) is 9.59 Å². The SMILES string of the molecule is CC(=O)N1C(=O)N(c2ccc(C#N)c(C(F)(F)F)c2)C(=O)C1(C)C. The number of urea groups is 1. The molecule has 0 aliphatic carbocycles. The third-order valence-electron chi connectivity index (χ3n) is 3.67. The zero-order valence-electron chi connectivity index (χ0n) is 12.9. The Labute approximate surface area is 135 Å². The Bertz CT molecular complexity index is 793. The van der Waals surface area contributed by atoms with Gasteiger partial charge < -0.3 is 0 Å². The van der Waals surface area contributed by atoms with E-state index in [1.807, 2.05) is 0 Å². The van der Waals surface area contributed by atoms with E-state index >= 15 is 0 Å². The fourth-order valence-electron chi connectivity index (χ4n) is 2.55. The minimum Gasteiger partial charge on any atom is -0.275 e. The van der Waals surface area contributed by atoms with Crippen LogP contribution in [0.15, 0.2) is 18.2 Å². The van der Waals surface area contributed by atoms with Crippen LogP contribution in [0.5, 0.6) is 0 Å². The summed E-state index contributed by atoms with van der Waals surface area (Å²) >= 11 is 0. The number of anilines is 1. The molecule has 0 unspecified atom stereocenters. The molecule has 24 heavy (non-hydrogen) atoms. The van der Waals surface area contributed by atoms with Gasteiger partial charge in [0.1, 0.15) is 5.54 Å². The molecule has 1 aliphatic heterocycles. The summed E-state index contributed by atoms with van der Waals surface area (Å²) < 4.78 is 39.1. The zero-order valence-corrected chi connectivity index (χ0v) is 12.9. The number of hydrogen-bond donors (Lipinski definition) is 0. The van der Waals surface area contributed by atoms with E-state index in [9.17, 15) is 27.6 Å². The molecule has 1 aromatic rings. The largest absolute Gasteiger partial charge is 0.417 e. The molecule has 0 N–H and O–H groups in total. The Morgan fingerprint density at radius 1 is 1.25 bits per heavy atom. The van der Waals surface area contributed by atoms with Crippen LogP contribution in [-0.4, -0.2) is 28.3 Å². The summed E-state index contributed by atoms with van der Waals surface area (Å²) in [5.41, 5.74) is -3.77. The average molecular weight is 339 g/mol. The molecule has 0 saturated carbocycles. The number of benzene rings is 1. The van der Waals surface area contributed by atoms with Gasteiger partial charge in [0.05, 0.1) is 22.9 Å². The van der Waals surface area contributed by atoms with Gasteiger partial charge in [-0.15, -0.1) is 0 Å². The number of carbonyl (C=O) groups is 3. The molecule has 0 atom stereocenters. The second kappa shape index (κ2) is 5.33. The van der Waals surface area contributed by atoms with Crippen LogP contribution >= 0.6 is 0 Å². The predicted molar refractivity (Wildman–Crippen MR) is 75.6 cm³/mol. The molecule has 0 spiro atoms. The lowest BCUT2D eigenvalue weighted by Gasteiger charge is -2.24. The van der Waals surface area contributed by atoms with E-state index in [-0.39, 0.29) is 5.69 Å². The third kappa shape index (κ3) is 2.50. The second-order valence-electron chi connectivity index (χ2n) is 5.68. The predicted octanol–water partition coefficient (Wildman–Crippen LogP) is 2.67. The van der Waals surface area contributed by atoms with Crippen molar-refractivity contribution < 1.29 is 27.6 Å². The van der Waals surface area contributed by atoms with Crippen molar-refractivity contribution in [3.05, 3.63) is 29.3 Å². The summed E-state index contributed by atoms with van der Waals surface area (Å²) in [5.74, 6) is -1.54. The minimum atomic E-state index is -4.83. The summed E-state index contributed by atoms with van der Waals surface area (Å²) in [4.78, 5) is 37.6. The van der Waals surface area contributed by atoms with Crippen molar-refractivity contribution in [2.24, 2.45) is 0 Å². The van der Waals surface area contributed by atoms with E-state index in [0.717, 1.165) is 19.1 Å². The van der Waals surface area contributed by atoms with Gasteiger partial charge in [0, 0.05) is 6.92 Å². The van der Waals surface area contributed by atoms with Crippen molar-refractivity contribution in [3.8, 4) is 6.07 Å². The third-order valence-corrected chi connectivity index (χ3v) is 3.67. The van der Waals surface area contributed by atoms with Gasteiger partial charge in [-0.2, -0.15) is 18.4 Å². The first-order valence-corrected chi connectivity index (χ1v) is 6.73. The first kappa shape index (κ1) is 17.5. The number of rotatable bonds is 1. The zero-order chi connectivity index (χ0) is 18.4. The lowest BCUT2D eigenvalue weighted by molar-refractivity contribution is -0.137. The molecule has 1 heterocycles. The molecule has 1 aliphatic rings. The molecule has 9 heteroatoms. The Balaban J connectivity index is 2.61. The van der Waals surface area contributed by atoms with Crippen LogP contribution in [0.25, 0.3) is 0 Å². The average Bonchev–Trinajstić information content (AvgIpc) is 2.63. The number of halogens is 3. The summed E-state index contributed by atoms with van der Waals surface area (Å²) in [6.45, 7) is 3.72.